The summed E-state index contributed by atoms with van der Waals surface area (Å²) in [4.78, 5) is 28.3. The van der Waals surface area contributed by atoms with E-state index >= 15 is 0 Å². The van der Waals surface area contributed by atoms with Crippen LogP contribution in [0.5, 0.6) is 0 Å². The van der Waals surface area contributed by atoms with Gasteiger partial charge in [-0.05, 0) is 29.8 Å². The zero-order chi connectivity index (χ0) is 18.4. The molecule has 1 aliphatic rings. The molecule has 1 fully saturated rings. The fourth-order valence-electron chi connectivity index (χ4n) is 2.97. The van der Waals surface area contributed by atoms with E-state index in [-0.39, 0.29) is 30.6 Å². The SMILES string of the molecule is O=C(CC(=O)N1CCN(c2ccccc2)CC1)NCc1ccc(F)cc1. The summed E-state index contributed by atoms with van der Waals surface area (Å²) in [6.07, 6.45) is -0.160. The molecule has 3 rings (SSSR count). The van der Waals surface area contributed by atoms with Crippen molar-refractivity contribution in [2.75, 3.05) is 31.1 Å². The summed E-state index contributed by atoms with van der Waals surface area (Å²) in [6, 6.07) is 16.0. The summed E-state index contributed by atoms with van der Waals surface area (Å²) in [6.45, 7) is 3.02. The Labute approximate surface area is 152 Å². The van der Waals surface area contributed by atoms with Gasteiger partial charge in [0.15, 0.2) is 0 Å². The second-order valence-corrected chi connectivity index (χ2v) is 6.28. The van der Waals surface area contributed by atoms with Crippen LogP contribution in [0.15, 0.2) is 54.6 Å². The molecule has 1 aliphatic heterocycles. The number of benzene rings is 2. The van der Waals surface area contributed by atoms with Gasteiger partial charge < -0.3 is 15.1 Å². The predicted molar refractivity (Wildman–Crippen MR) is 98.1 cm³/mol. The van der Waals surface area contributed by atoms with Crippen molar-refractivity contribution < 1.29 is 14.0 Å². The van der Waals surface area contributed by atoms with Crippen LogP contribution in [0.25, 0.3) is 0 Å². The topological polar surface area (TPSA) is 52.7 Å². The normalized spacial score (nSPS) is 14.2. The van der Waals surface area contributed by atoms with Crippen molar-refractivity contribution >= 4 is 17.5 Å². The largest absolute Gasteiger partial charge is 0.368 e. The minimum Gasteiger partial charge on any atom is -0.368 e. The number of hydrogen-bond acceptors (Lipinski definition) is 3. The van der Waals surface area contributed by atoms with Crippen LogP contribution in [0.1, 0.15) is 12.0 Å². The highest BCUT2D eigenvalue weighted by Crippen LogP contribution is 2.15. The number of nitrogens with zero attached hydrogens (tertiary/aromatic N) is 2. The van der Waals surface area contributed by atoms with Crippen molar-refractivity contribution in [2.24, 2.45) is 0 Å². The van der Waals surface area contributed by atoms with Crippen LogP contribution < -0.4 is 10.2 Å². The van der Waals surface area contributed by atoms with Crippen LogP contribution >= 0.6 is 0 Å². The molecule has 2 amide bonds. The van der Waals surface area contributed by atoms with E-state index in [1.165, 1.54) is 12.1 Å². The van der Waals surface area contributed by atoms with Crippen LogP contribution in [-0.2, 0) is 16.1 Å². The number of hydrogen-bond donors (Lipinski definition) is 1. The molecule has 1 heterocycles. The first-order valence-corrected chi connectivity index (χ1v) is 8.71. The summed E-state index contributed by atoms with van der Waals surface area (Å²) in [7, 11) is 0. The average Bonchev–Trinajstić information content (AvgIpc) is 2.68. The minimum atomic E-state index is -0.315. The van der Waals surface area contributed by atoms with Crippen molar-refractivity contribution in [2.45, 2.75) is 13.0 Å². The molecule has 1 saturated heterocycles. The Morgan fingerprint density at radius 2 is 1.58 bits per heavy atom. The van der Waals surface area contributed by atoms with E-state index in [9.17, 15) is 14.0 Å². The van der Waals surface area contributed by atoms with Crippen molar-refractivity contribution in [3.8, 4) is 0 Å². The van der Waals surface area contributed by atoms with E-state index in [4.69, 9.17) is 0 Å². The van der Waals surface area contributed by atoms with Gasteiger partial charge in [0, 0.05) is 38.4 Å². The van der Waals surface area contributed by atoms with Gasteiger partial charge in [0.1, 0.15) is 12.2 Å². The molecular weight excluding hydrogens is 333 g/mol. The quantitative estimate of drug-likeness (QED) is 0.837. The molecule has 136 valence electrons. The molecule has 0 saturated carbocycles. The lowest BCUT2D eigenvalue weighted by Crippen LogP contribution is -2.49. The summed E-state index contributed by atoms with van der Waals surface area (Å²) in [5, 5.41) is 2.70. The maximum absolute atomic E-state index is 12.9. The third-order valence-electron chi connectivity index (χ3n) is 4.47. The Bertz CT molecular complexity index is 741. The molecule has 5 nitrogen and oxygen atoms in total. The van der Waals surface area contributed by atoms with Gasteiger partial charge in [0.05, 0.1) is 0 Å². The monoisotopic (exact) mass is 355 g/mol. The average molecular weight is 355 g/mol. The molecular formula is C20H22FN3O2. The number of carbonyl (C=O) groups is 2. The lowest BCUT2D eigenvalue weighted by molar-refractivity contribution is -0.136. The van der Waals surface area contributed by atoms with Gasteiger partial charge in [-0.15, -0.1) is 0 Å². The Kier molecular flexibility index (Phi) is 5.84. The number of halogens is 1. The highest BCUT2D eigenvalue weighted by molar-refractivity contribution is 5.96. The van der Waals surface area contributed by atoms with E-state index in [0.717, 1.165) is 24.3 Å². The number of nitrogens with one attached hydrogen (secondary N) is 1. The zero-order valence-corrected chi connectivity index (χ0v) is 14.5. The first-order chi connectivity index (χ1) is 12.6. The number of carbonyl (C=O) groups excluding carboxylic acids is 2. The fourth-order valence-corrected chi connectivity index (χ4v) is 2.97. The summed E-state index contributed by atoms with van der Waals surface area (Å²) in [5.41, 5.74) is 1.94. The van der Waals surface area contributed by atoms with Gasteiger partial charge in [0.25, 0.3) is 0 Å². The standard InChI is InChI=1S/C20H22FN3O2/c21-17-8-6-16(7-9-17)15-22-19(25)14-20(26)24-12-10-23(11-13-24)18-4-2-1-3-5-18/h1-9H,10-15H2,(H,22,25). The van der Waals surface area contributed by atoms with Crippen molar-refractivity contribution in [3.63, 3.8) is 0 Å². The Morgan fingerprint density at radius 3 is 2.23 bits per heavy atom. The maximum atomic E-state index is 12.9. The molecule has 0 bridgehead atoms. The van der Waals surface area contributed by atoms with Crippen LogP contribution in [0.3, 0.4) is 0 Å². The minimum absolute atomic E-state index is 0.158. The lowest BCUT2D eigenvalue weighted by Gasteiger charge is -2.36. The second-order valence-electron chi connectivity index (χ2n) is 6.28. The van der Waals surface area contributed by atoms with Gasteiger partial charge in [-0.3, -0.25) is 9.59 Å². The van der Waals surface area contributed by atoms with Crippen molar-refractivity contribution in [1.82, 2.24) is 10.2 Å². The molecule has 0 radical (unpaired) electrons. The number of anilines is 1. The summed E-state index contributed by atoms with van der Waals surface area (Å²) in [5.74, 6) is -0.788. The van der Waals surface area contributed by atoms with Crippen LogP contribution in [0.2, 0.25) is 0 Å². The highest BCUT2D eigenvalue weighted by Gasteiger charge is 2.22. The fraction of sp³-hybridized carbons (Fsp3) is 0.300. The second kappa shape index (κ2) is 8.47. The molecule has 2 aromatic rings. The Balaban J connectivity index is 1.42. The molecule has 0 aliphatic carbocycles. The Hall–Kier alpha value is -2.89. The molecule has 6 heteroatoms. The molecule has 0 spiro atoms. The number of piperazine rings is 1. The third-order valence-corrected chi connectivity index (χ3v) is 4.47. The van der Waals surface area contributed by atoms with Crippen LogP contribution in [-0.4, -0.2) is 42.9 Å². The zero-order valence-electron chi connectivity index (χ0n) is 14.5. The number of para-hydroxylation sites is 1. The van der Waals surface area contributed by atoms with E-state index in [2.05, 4.69) is 22.3 Å². The molecule has 0 aromatic heterocycles. The third kappa shape index (κ3) is 4.81. The number of rotatable bonds is 5. The summed E-state index contributed by atoms with van der Waals surface area (Å²) < 4.78 is 12.9. The molecule has 2 aromatic carbocycles. The van der Waals surface area contributed by atoms with Gasteiger partial charge >= 0.3 is 0 Å². The lowest BCUT2D eigenvalue weighted by atomic mass is 10.2. The predicted octanol–water partition coefficient (Wildman–Crippen LogP) is 2.18. The van der Waals surface area contributed by atoms with Crippen molar-refractivity contribution in [3.05, 3.63) is 66.0 Å². The van der Waals surface area contributed by atoms with Gasteiger partial charge in [-0.25, -0.2) is 4.39 Å². The molecule has 0 atom stereocenters. The maximum Gasteiger partial charge on any atom is 0.232 e. The smallest absolute Gasteiger partial charge is 0.232 e. The first kappa shape index (κ1) is 17.9. The summed E-state index contributed by atoms with van der Waals surface area (Å²) >= 11 is 0. The molecule has 1 N–H and O–H groups in total. The van der Waals surface area contributed by atoms with E-state index in [1.807, 2.05) is 18.2 Å². The Morgan fingerprint density at radius 1 is 0.923 bits per heavy atom. The van der Waals surface area contributed by atoms with Gasteiger partial charge in [0.2, 0.25) is 11.8 Å². The molecule has 0 unspecified atom stereocenters. The highest BCUT2D eigenvalue weighted by atomic mass is 19.1. The van der Waals surface area contributed by atoms with Gasteiger partial charge in [-0.2, -0.15) is 0 Å². The van der Waals surface area contributed by atoms with Crippen molar-refractivity contribution in [1.29, 1.82) is 0 Å². The van der Waals surface area contributed by atoms with Gasteiger partial charge in [-0.1, -0.05) is 30.3 Å². The van der Waals surface area contributed by atoms with E-state index < -0.39 is 0 Å². The van der Waals surface area contributed by atoms with E-state index in [0.29, 0.717) is 13.1 Å². The van der Waals surface area contributed by atoms with Crippen LogP contribution in [0, 0.1) is 5.82 Å². The number of amides is 2. The van der Waals surface area contributed by atoms with E-state index in [1.54, 1.807) is 17.0 Å². The first-order valence-electron chi connectivity index (χ1n) is 8.71. The van der Waals surface area contributed by atoms with Crippen LogP contribution in [0.4, 0.5) is 10.1 Å². The molecule has 26 heavy (non-hydrogen) atoms.